The summed E-state index contributed by atoms with van der Waals surface area (Å²) in [6.45, 7) is 5.02. The molecule has 0 aromatic heterocycles. The number of aliphatic hydroxyl groups is 1. The van der Waals surface area contributed by atoms with Crippen molar-refractivity contribution < 1.29 is 15.0 Å². The van der Waals surface area contributed by atoms with Crippen LogP contribution in [0.5, 0.6) is 0 Å². The van der Waals surface area contributed by atoms with E-state index in [9.17, 15) is 4.79 Å². The summed E-state index contributed by atoms with van der Waals surface area (Å²) in [6, 6.07) is 5.06. The molecule has 0 aliphatic rings. The molecule has 1 aromatic rings. The van der Waals surface area contributed by atoms with Gasteiger partial charge in [-0.25, -0.2) is 4.79 Å². The lowest BCUT2D eigenvalue weighted by atomic mass is 9.88. The van der Waals surface area contributed by atoms with Gasteiger partial charge in [0.25, 0.3) is 0 Å². The maximum atomic E-state index is 11.1. The standard InChI is InChI=1S/C14H20BrNO3/c1-14(2,6-3-7-17)9-16-12-8-10(15)4-5-11(12)13(18)19/h4-5,8,16-17H,3,6-7,9H2,1-2H3,(H,18,19). The summed E-state index contributed by atoms with van der Waals surface area (Å²) < 4.78 is 0.841. The Morgan fingerprint density at radius 3 is 2.68 bits per heavy atom. The number of aromatic carboxylic acids is 1. The van der Waals surface area contributed by atoms with Crippen molar-refractivity contribution in [2.75, 3.05) is 18.5 Å². The summed E-state index contributed by atoms with van der Waals surface area (Å²) >= 11 is 3.34. The summed E-state index contributed by atoms with van der Waals surface area (Å²) in [6.07, 6.45) is 1.63. The maximum absolute atomic E-state index is 11.1. The number of hydrogen-bond acceptors (Lipinski definition) is 3. The number of carboxylic acid groups (broad SMARTS) is 1. The minimum absolute atomic E-state index is 0.000814. The number of carbonyl (C=O) groups is 1. The van der Waals surface area contributed by atoms with Crippen LogP contribution in [0.3, 0.4) is 0 Å². The van der Waals surface area contributed by atoms with Crippen LogP contribution in [0.15, 0.2) is 22.7 Å². The number of benzene rings is 1. The van der Waals surface area contributed by atoms with Crippen molar-refractivity contribution in [1.82, 2.24) is 0 Å². The van der Waals surface area contributed by atoms with Crippen molar-refractivity contribution >= 4 is 27.6 Å². The molecule has 0 spiro atoms. The number of aliphatic hydroxyl groups excluding tert-OH is 1. The lowest BCUT2D eigenvalue weighted by Crippen LogP contribution is -2.24. The Hall–Kier alpha value is -1.07. The van der Waals surface area contributed by atoms with Gasteiger partial charge >= 0.3 is 5.97 Å². The Morgan fingerprint density at radius 1 is 1.42 bits per heavy atom. The minimum Gasteiger partial charge on any atom is -0.478 e. The molecule has 3 N–H and O–H groups in total. The fourth-order valence-corrected chi connectivity index (χ4v) is 2.19. The zero-order valence-corrected chi connectivity index (χ0v) is 12.8. The van der Waals surface area contributed by atoms with Gasteiger partial charge < -0.3 is 15.5 Å². The van der Waals surface area contributed by atoms with Gasteiger partial charge in [-0.1, -0.05) is 29.8 Å². The average Bonchev–Trinajstić information content (AvgIpc) is 2.34. The van der Waals surface area contributed by atoms with Gasteiger partial charge in [-0.2, -0.15) is 0 Å². The predicted octanol–water partition coefficient (Wildman–Crippen LogP) is 3.36. The smallest absolute Gasteiger partial charge is 0.337 e. The fraction of sp³-hybridized carbons (Fsp3) is 0.500. The third-order valence-corrected chi connectivity index (χ3v) is 3.47. The van der Waals surface area contributed by atoms with Crippen molar-refractivity contribution in [3.63, 3.8) is 0 Å². The fourth-order valence-electron chi connectivity index (χ4n) is 1.83. The Morgan fingerprint density at radius 2 is 2.11 bits per heavy atom. The first kappa shape index (κ1) is 16.0. The Labute approximate surface area is 122 Å². The molecule has 0 aliphatic heterocycles. The van der Waals surface area contributed by atoms with Crippen LogP contribution in [-0.2, 0) is 0 Å². The first-order valence-corrected chi connectivity index (χ1v) is 7.02. The van der Waals surface area contributed by atoms with Crippen LogP contribution < -0.4 is 5.32 Å². The summed E-state index contributed by atoms with van der Waals surface area (Å²) in [5.41, 5.74) is 0.876. The average molecular weight is 330 g/mol. The molecule has 0 radical (unpaired) electrons. The van der Waals surface area contributed by atoms with Crippen molar-refractivity contribution in [3.05, 3.63) is 28.2 Å². The van der Waals surface area contributed by atoms with E-state index in [2.05, 4.69) is 35.1 Å². The Kier molecular flexibility index (Phi) is 5.82. The number of rotatable bonds is 7. The third kappa shape index (κ3) is 5.20. The van der Waals surface area contributed by atoms with Crippen molar-refractivity contribution in [2.24, 2.45) is 5.41 Å². The zero-order chi connectivity index (χ0) is 14.5. The van der Waals surface area contributed by atoms with Crippen LogP contribution in [0.4, 0.5) is 5.69 Å². The highest BCUT2D eigenvalue weighted by Crippen LogP contribution is 2.26. The van der Waals surface area contributed by atoms with Crippen molar-refractivity contribution in [3.8, 4) is 0 Å². The highest BCUT2D eigenvalue weighted by Gasteiger charge is 2.18. The van der Waals surface area contributed by atoms with Gasteiger partial charge in [-0.3, -0.25) is 0 Å². The van der Waals surface area contributed by atoms with E-state index in [0.29, 0.717) is 12.2 Å². The largest absolute Gasteiger partial charge is 0.478 e. The molecule has 1 rings (SSSR count). The van der Waals surface area contributed by atoms with Gasteiger partial charge in [0.2, 0.25) is 0 Å². The number of nitrogens with one attached hydrogen (secondary N) is 1. The van der Waals surface area contributed by atoms with Crippen LogP contribution in [0.2, 0.25) is 0 Å². The summed E-state index contributed by atoms with van der Waals surface area (Å²) in [7, 11) is 0. The molecular weight excluding hydrogens is 310 g/mol. The molecule has 0 saturated carbocycles. The monoisotopic (exact) mass is 329 g/mol. The van der Waals surface area contributed by atoms with Crippen LogP contribution in [0.25, 0.3) is 0 Å². The SMILES string of the molecule is CC(C)(CCCO)CNc1cc(Br)ccc1C(=O)O. The predicted molar refractivity (Wildman–Crippen MR) is 79.7 cm³/mol. The molecule has 0 fully saturated rings. The second-order valence-electron chi connectivity index (χ2n) is 5.34. The van der Waals surface area contributed by atoms with E-state index in [4.69, 9.17) is 10.2 Å². The Bertz CT molecular complexity index is 446. The molecule has 106 valence electrons. The molecule has 1 aromatic carbocycles. The second kappa shape index (κ2) is 6.91. The van der Waals surface area contributed by atoms with E-state index >= 15 is 0 Å². The second-order valence-corrected chi connectivity index (χ2v) is 6.26. The van der Waals surface area contributed by atoms with E-state index < -0.39 is 5.97 Å². The maximum Gasteiger partial charge on any atom is 0.337 e. The van der Waals surface area contributed by atoms with Gasteiger partial charge in [0, 0.05) is 23.3 Å². The molecule has 0 bridgehead atoms. The van der Waals surface area contributed by atoms with Gasteiger partial charge in [-0.05, 0) is 36.5 Å². The van der Waals surface area contributed by atoms with Gasteiger partial charge in [0.15, 0.2) is 0 Å². The first-order valence-electron chi connectivity index (χ1n) is 6.23. The molecular formula is C14H20BrNO3. The molecule has 0 aliphatic carbocycles. The van der Waals surface area contributed by atoms with Crippen molar-refractivity contribution in [1.29, 1.82) is 0 Å². The van der Waals surface area contributed by atoms with E-state index in [1.165, 1.54) is 0 Å². The molecule has 4 nitrogen and oxygen atoms in total. The quantitative estimate of drug-likeness (QED) is 0.717. The molecule has 0 saturated heterocycles. The van der Waals surface area contributed by atoms with Crippen LogP contribution in [0.1, 0.15) is 37.0 Å². The normalized spacial score (nSPS) is 11.4. The first-order chi connectivity index (χ1) is 8.85. The topological polar surface area (TPSA) is 69.6 Å². The minimum atomic E-state index is -0.942. The number of anilines is 1. The number of halogens is 1. The third-order valence-electron chi connectivity index (χ3n) is 2.98. The molecule has 0 unspecified atom stereocenters. The van der Waals surface area contributed by atoms with E-state index in [1.54, 1.807) is 18.2 Å². The van der Waals surface area contributed by atoms with Crippen LogP contribution in [0, 0.1) is 5.41 Å². The molecule has 5 heteroatoms. The summed E-state index contributed by atoms with van der Waals surface area (Å²) in [4.78, 5) is 11.1. The van der Waals surface area contributed by atoms with Gasteiger partial charge in [0.1, 0.15) is 0 Å². The highest BCUT2D eigenvalue weighted by molar-refractivity contribution is 9.10. The van der Waals surface area contributed by atoms with Crippen molar-refractivity contribution in [2.45, 2.75) is 26.7 Å². The van der Waals surface area contributed by atoms with Crippen LogP contribution >= 0.6 is 15.9 Å². The van der Waals surface area contributed by atoms with E-state index in [0.717, 1.165) is 17.3 Å². The summed E-state index contributed by atoms with van der Waals surface area (Å²) in [5.74, 6) is -0.942. The lowest BCUT2D eigenvalue weighted by molar-refractivity contribution is 0.0698. The highest BCUT2D eigenvalue weighted by atomic mass is 79.9. The van der Waals surface area contributed by atoms with Crippen LogP contribution in [-0.4, -0.2) is 29.3 Å². The number of hydrogen-bond donors (Lipinski definition) is 3. The molecule has 0 heterocycles. The Balaban J connectivity index is 2.76. The van der Waals surface area contributed by atoms with Gasteiger partial charge in [0.05, 0.1) is 5.56 Å². The molecule has 0 atom stereocenters. The number of carboxylic acids is 1. The van der Waals surface area contributed by atoms with Gasteiger partial charge in [-0.15, -0.1) is 0 Å². The zero-order valence-electron chi connectivity index (χ0n) is 11.2. The lowest BCUT2D eigenvalue weighted by Gasteiger charge is -2.25. The molecule has 0 amide bonds. The van der Waals surface area contributed by atoms with E-state index in [1.807, 2.05) is 0 Å². The molecule has 19 heavy (non-hydrogen) atoms. The van der Waals surface area contributed by atoms with E-state index in [-0.39, 0.29) is 17.6 Å². The summed E-state index contributed by atoms with van der Waals surface area (Å²) in [5, 5.41) is 21.2.